The Morgan fingerprint density at radius 3 is 2.28 bits per heavy atom. The second kappa shape index (κ2) is 9.08. The van der Waals surface area contributed by atoms with Crippen molar-refractivity contribution in [1.82, 2.24) is 9.97 Å². The fraction of sp³-hybridized carbons (Fsp3) is 0.261. The Bertz CT molecular complexity index is 993. The molecule has 0 radical (unpaired) electrons. The van der Waals surface area contributed by atoms with Gasteiger partial charge >= 0.3 is 0 Å². The average Bonchev–Trinajstić information content (AvgIpc) is 2.80. The summed E-state index contributed by atoms with van der Waals surface area (Å²) >= 11 is 1.51. The first-order valence-electron chi connectivity index (χ1n) is 9.82. The number of anilines is 1. The largest absolute Gasteiger partial charge is 0.344 e. The third kappa shape index (κ3) is 4.42. The molecule has 5 nitrogen and oxygen atoms in total. The Morgan fingerprint density at radius 1 is 1.00 bits per heavy atom. The molecular formula is C23H24N5S+. The van der Waals surface area contributed by atoms with Gasteiger partial charge in [0, 0.05) is 11.1 Å². The summed E-state index contributed by atoms with van der Waals surface area (Å²) in [5, 5.41) is 10.6. The summed E-state index contributed by atoms with van der Waals surface area (Å²) in [6.45, 7) is 4.86. The van der Waals surface area contributed by atoms with Crippen molar-refractivity contribution in [3.8, 4) is 17.3 Å². The number of nitriles is 1. The third-order valence-electron chi connectivity index (χ3n) is 5.28. The van der Waals surface area contributed by atoms with Gasteiger partial charge in [-0.2, -0.15) is 5.26 Å². The predicted octanol–water partition coefficient (Wildman–Crippen LogP) is 2.64. The maximum Gasteiger partial charge on any atom is 0.189 e. The molecule has 2 aromatic carbocycles. The van der Waals surface area contributed by atoms with Gasteiger partial charge in [0.05, 0.1) is 31.9 Å². The molecule has 1 N–H and O–H groups in total. The van der Waals surface area contributed by atoms with Crippen LogP contribution in [0.5, 0.6) is 0 Å². The minimum Gasteiger partial charge on any atom is -0.344 e. The molecule has 146 valence electrons. The van der Waals surface area contributed by atoms with Crippen molar-refractivity contribution in [2.75, 3.05) is 37.3 Å². The standard InChI is InChI=1S/C23H23N5S/c1-29-23-25-21(19-10-6-3-7-11-19)20(16-24)22(26-23)28-14-12-27(13-15-28)17-18-8-4-2-5-9-18/h2-11H,12-15,17H2,1H3/p+1. The Labute approximate surface area is 176 Å². The summed E-state index contributed by atoms with van der Waals surface area (Å²) < 4.78 is 0. The highest BCUT2D eigenvalue weighted by atomic mass is 32.2. The Kier molecular flexibility index (Phi) is 6.09. The molecule has 1 fully saturated rings. The van der Waals surface area contributed by atoms with E-state index in [2.05, 4.69) is 46.3 Å². The molecule has 0 unspecified atom stereocenters. The van der Waals surface area contributed by atoms with Gasteiger partial charge in [-0.05, 0) is 6.26 Å². The monoisotopic (exact) mass is 402 g/mol. The summed E-state index contributed by atoms with van der Waals surface area (Å²) in [6, 6.07) is 22.9. The van der Waals surface area contributed by atoms with E-state index < -0.39 is 0 Å². The van der Waals surface area contributed by atoms with Crippen molar-refractivity contribution in [2.45, 2.75) is 11.7 Å². The van der Waals surface area contributed by atoms with Crippen LogP contribution in [0.4, 0.5) is 5.82 Å². The third-order valence-corrected chi connectivity index (χ3v) is 5.83. The van der Waals surface area contributed by atoms with Crippen molar-refractivity contribution >= 4 is 17.6 Å². The highest BCUT2D eigenvalue weighted by Crippen LogP contribution is 2.30. The van der Waals surface area contributed by atoms with Gasteiger partial charge in [-0.1, -0.05) is 72.4 Å². The fourth-order valence-electron chi connectivity index (χ4n) is 3.75. The van der Waals surface area contributed by atoms with Crippen LogP contribution in [0.2, 0.25) is 0 Å². The van der Waals surface area contributed by atoms with Crippen LogP contribution in [-0.2, 0) is 6.54 Å². The lowest BCUT2D eigenvalue weighted by Gasteiger charge is -2.33. The van der Waals surface area contributed by atoms with E-state index in [1.54, 1.807) is 4.90 Å². The number of hydrogen-bond acceptors (Lipinski definition) is 5. The van der Waals surface area contributed by atoms with E-state index >= 15 is 0 Å². The van der Waals surface area contributed by atoms with Crippen LogP contribution in [0.25, 0.3) is 11.3 Å². The molecule has 0 atom stereocenters. The van der Waals surface area contributed by atoms with Gasteiger partial charge in [0.15, 0.2) is 11.0 Å². The molecular weight excluding hydrogens is 378 g/mol. The van der Waals surface area contributed by atoms with E-state index in [-0.39, 0.29) is 0 Å². The lowest BCUT2D eigenvalue weighted by Crippen LogP contribution is -3.13. The number of rotatable bonds is 5. The van der Waals surface area contributed by atoms with Gasteiger partial charge < -0.3 is 9.80 Å². The van der Waals surface area contributed by atoms with Crippen molar-refractivity contribution < 1.29 is 4.90 Å². The molecule has 0 spiro atoms. The average molecular weight is 403 g/mol. The Hall–Kier alpha value is -2.88. The molecule has 1 aliphatic rings. The van der Waals surface area contributed by atoms with Crippen molar-refractivity contribution in [1.29, 1.82) is 5.26 Å². The number of nitrogens with one attached hydrogen (secondary N) is 1. The number of benzene rings is 2. The van der Waals surface area contributed by atoms with Gasteiger partial charge in [-0.15, -0.1) is 0 Å². The predicted molar refractivity (Wildman–Crippen MR) is 117 cm³/mol. The summed E-state index contributed by atoms with van der Waals surface area (Å²) in [4.78, 5) is 13.2. The van der Waals surface area contributed by atoms with Gasteiger partial charge in [-0.25, -0.2) is 9.97 Å². The topological polar surface area (TPSA) is 57.2 Å². The summed E-state index contributed by atoms with van der Waals surface area (Å²) in [5.41, 5.74) is 3.62. The first-order chi connectivity index (χ1) is 14.3. The van der Waals surface area contributed by atoms with Crippen LogP contribution in [0, 0.1) is 11.3 Å². The van der Waals surface area contributed by atoms with E-state index in [0.29, 0.717) is 10.7 Å². The molecule has 1 saturated heterocycles. The number of quaternary nitrogens is 1. The van der Waals surface area contributed by atoms with Gasteiger partial charge in [0.2, 0.25) is 0 Å². The van der Waals surface area contributed by atoms with Crippen molar-refractivity contribution in [3.63, 3.8) is 0 Å². The van der Waals surface area contributed by atoms with E-state index in [0.717, 1.165) is 49.8 Å². The molecule has 0 aliphatic carbocycles. The van der Waals surface area contributed by atoms with Crippen LogP contribution in [0.15, 0.2) is 65.8 Å². The maximum absolute atomic E-state index is 9.93. The maximum atomic E-state index is 9.93. The van der Waals surface area contributed by atoms with Crippen LogP contribution in [-0.4, -0.2) is 42.4 Å². The van der Waals surface area contributed by atoms with Gasteiger partial charge in [-0.3, -0.25) is 0 Å². The highest BCUT2D eigenvalue weighted by Gasteiger charge is 2.26. The molecule has 6 heteroatoms. The number of nitrogens with zero attached hydrogens (tertiary/aromatic N) is 4. The number of hydrogen-bond donors (Lipinski definition) is 1. The Morgan fingerprint density at radius 2 is 1.66 bits per heavy atom. The van der Waals surface area contributed by atoms with Crippen molar-refractivity contribution in [3.05, 3.63) is 71.8 Å². The van der Waals surface area contributed by atoms with Crippen LogP contribution in [0.1, 0.15) is 11.1 Å². The summed E-state index contributed by atoms with van der Waals surface area (Å²) in [6.07, 6.45) is 1.97. The Balaban J connectivity index is 1.58. The van der Waals surface area contributed by atoms with E-state index in [1.165, 1.54) is 17.3 Å². The molecule has 0 bridgehead atoms. The zero-order valence-electron chi connectivity index (χ0n) is 16.5. The molecule has 4 rings (SSSR count). The number of piperazine rings is 1. The lowest BCUT2D eigenvalue weighted by molar-refractivity contribution is -0.914. The second-order valence-electron chi connectivity index (χ2n) is 7.13. The molecule has 0 amide bonds. The molecule has 29 heavy (non-hydrogen) atoms. The fourth-order valence-corrected chi connectivity index (χ4v) is 4.11. The van der Waals surface area contributed by atoms with Crippen LogP contribution < -0.4 is 9.80 Å². The quantitative estimate of drug-likeness (QED) is 0.525. The minimum atomic E-state index is 0.570. The normalized spacial score (nSPS) is 14.6. The van der Waals surface area contributed by atoms with E-state index in [1.807, 2.05) is 36.6 Å². The van der Waals surface area contributed by atoms with E-state index in [9.17, 15) is 5.26 Å². The molecule has 0 saturated carbocycles. The zero-order valence-corrected chi connectivity index (χ0v) is 17.3. The van der Waals surface area contributed by atoms with Crippen LogP contribution >= 0.6 is 11.8 Å². The minimum absolute atomic E-state index is 0.570. The van der Waals surface area contributed by atoms with Gasteiger partial charge in [0.1, 0.15) is 18.2 Å². The first kappa shape index (κ1) is 19.4. The second-order valence-corrected chi connectivity index (χ2v) is 7.91. The van der Waals surface area contributed by atoms with E-state index in [4.69, 9.17) is 4.98 Å². The molecule has 3 aromatic rings. The summed E-state index contributed by atoms with van der Waals surface area (Å²) in [7, 11) is 0. The zero-order chi connectivity index (χ0) is 20.1. The highest BCUT2D eigenvalue weighted by molar-refractivity contribution is 7.98. The first-order valence-corrected chi connectivity index (χ1v) is 11.0. The summed E-state index contributed by atoms with van der Waals surface area (Å²) in [5.74, 6) is 0.768. The van der Waals surface area contributed by atoms with Crippen LogP contribution in [0.3, 0.4) is 0 Å². The number of thioether (sulfide) groups is 1. The number of aromatic nitrogens is 2. The molecule has 1 aliphatic heterocycles. The van der Waals surface area contributed by atoms with Gasteiger partial charge in [0.25, 0.3) is 0 Å². The van der Waals surface area contributed by atoms with Crippen molar-refractivity contribution in [2.24, 2.45) is 0 Å². The molecule has 2 heterocycles. The smallest absolute Gasteiger partial charge is 0.189 e. The molecule has 1 aromatic heterocycles. The SMILES string of the molecule is CSc1nc(-c2ccccc2)c(C#N)c(N2CC[NH+](Cc3ccccc3)CC2)n1. The lowest BCUT2D eigenvalue weighted by atomic mass is 10.1.